The Hall–Kier alpha value is -0.900. The van der Waals surface area contributed by atoms with Crippen LogP contribution in [0.25, 0.3) is 0 Å². The summed E-state index contributed by atoms with van der Waals surface area (Å²) in [6.07, 6.45) is 5.30. The number of nitrogens with one attached hydrogen (secondary N) is 1. The van der Waals surface area contributed by atoms with Gasteiger partial charge in [-0.25, -0.2) is 0 Å². The van der Waals surface area contributed by atoms with E-state index in [1.54, 1.807) is 0 Å². The van der Waals surface area contributed by atoms with Crippen molar-refractivity contribution in [2.45, 2.75) is 65.3 Å². The van der Waals surface area contributed by atoms with Crippen LogP contribution < -0.4 is 5.32 Å². The van der Waals surface area contributed by atoms with Crippen molar-refractivity contribution in [3.63, 3.8) is 0 Å². The fourth-order valence-electron chi connectivity index (χ4n) is 1.56. The third-order valence-corrected chi connectivity index (χ3v) is 2.50. The van der Waals surface area contributed by atoms with Gasteiger partial charge in [0.25, 0.3) is 0 Å². The zero-order valence-corrected chi connectivity index (χ0v) is 11.5. The minimum Gasteiger partial charge on any atom is -0.425 e. The molecule has 0 aliphatic rings. The van der Waals surface area contributed by atoms with E-state index in [1.807, 2.05) is 0 Å². The Labute approximate surface area is 104 Å². The van der Waals surface area contributed by atoms with Crippen LogP contribution in [0, 0.1) is 0 Å². The number of aryl methyl sites for hydroxylation is 1. The molecule has 0 aliphatic heterocycles. The maximum absolute atomic E-state index is 5.58. The van der Waals surface area contributed by atoms with Crippen LogP contribution in [0.2, 0.25) is 0 Å². The van der Waals surface area contributed by atoms with Crippen molar-refractivity contribution >= 4 is 0 Å². The predicted octanol–water partition coefficient (Wildman–Crippen LogP) is 2.73. The first-order valence-electron chi connectivity index (χ1n) is 6.57. The molecule has 0 saturated heterocycles. The molecule has 0 spiro atoms. The Morgan fingerprint density at radius 2 is 1.71 bits per heavy atom. The number of hydrogen-bond donors (Lipinski definition) is 1. The highest BCUT2D eigenvalue weighted by Gasteiger charge is 2.10. The van der Waals surface area contributed by atoms with E-state index in [0.717, 1.165) is 37.6 Å². The number of nitrogens with zero attached hydrogens (tertiary/aromatic N) is 2. The average Bonchev–Trinajstić information content (AvgIpc) is 2.64. The summed E-state index contributed by atoms with van der Waals surface area (Å²) >= 11 is 0. The molecule has 17 heavy (non-hydrogen) atoms. The van der Waals surface area contributed by atoms with Crippen molar-refractivity contribution in [1.82, 2.24) is 15.5 Å². The largest absolute Gasteiger partial charge is 0.425 e. The Balaban J connectivity index is 2.26. The molecular weight excluding hydrogens is 214 g/mol. The maximum Gasteiger partial charge on any atom is 0.217 e. The molecule has 0 saturated carbocycles. The van der Waals surface area contributed by atoms with Crippen molar-refractivity contribution < 1.29 is 4.42 Å². The summed E-state index contributed by atoms with van der Waals surface area (Å²) in [6.45, 7) is 9.52. The van der Waals surface area contributed by atoms with E-state index in [9.17, 15) is 0 Å². The lowest BCUT2D eigenvalue weighted by molar-refractivity contribution is 0.399. The first-order chi connectivity index (χ1) is 8.01. The monoisotopic (exact) mass is 239 g/mol. The minimum absolute atomic E-state index is 0.143. The van der Waals surface area contributed by atoms with E-state index >= 15 is 0 Å². The molecule has 0 bridgehead atoms. The van der Waals surface area contributed by atoms with Gasteiger partial charge < -0.3 is 9.73 Å². The summed E-state index contributed by atoms with van der Waals surface area (Å²) in [5.41, 5.74) is 0.143. The van der Waals surface area contributed by atoms with Gasteiger partial charge in [0, 0.05) is 24.9 Å². The van der Waals surface area contributed by atoms with Crippen LogP contribution in [-0.2, 0) is 12.8 Å². The van der Waals surface area contributed by atoms with Crippen LogP contribution in [0.15, 0.2) is 4.42 Å². The van der Waals surface area contributed by atoms with Crippen molar-refractivity contribution in [2.75, 3.05) is 6.54 Å². The predicted molar refractivity (Wildman–Crippen MR) is 69.0 cm³/mol. The molecule has 0 amide bonds. The first-order valence-corrected chi connectivity index (χ1v) is 6.57. The Bertz CT molecular complexity index is 315. The zero-order chi connectivity index (χ0) is 12.7. The summed E-state index contributed by atoms with van der Waals surface area (Å²) in [5.74, 6) is 1.53. The van der Waals surface area contributed by atoms with E-state index in [4.69, 9.17) is 4.42 Å². The average molecular weight is 239 g/mol. The molecule has 1 rings (SSSR count). The van der Waals surface area contributed by atoms with E-state index in [1.165, 1.54) is 12.8 Å². The molecule has 0 fully saturated rings. The lowest BCUT2D eigenvalue weighted by Crippen LogP contribution is -2.37. The molecular formula is C13H25N3O. The highest BCUT2D eigenvalue weighted by Crippen LogP contribution is 2.06. The summed E-state index contributed by atoms with van der Waals surface area (Å²) < 4.78 is 5.58. The van der Waals surface area contributed by atoms with Crippen molar-refractivity contribution in [2.24, 2.45) is 0 Å². The van der Waals surface area contributed by atoms with Crippen LogP contribution in [0.3, 0.4) is 0 Å². The van der Waals surface area contributed by atoms with Gasteiger partial charge in [0.05, 0.1) is 0 Å². The molecule has 98 valence electrons. The summed E-state index contributed by atoms with van der Waals surface area (Å²) in [6, 6.07) is 0. The smallest absolute Gasteiger partial charge is 0.217 e. The van der Waals surface area contributed by atoms with Gasteiger partial charge in [-0.3, -0.25) is 0 Å². The molecule has 4 nitrogen and oxygen atoms in total. The number of unbranched alkanes of at least 4 members (excludes halogenated alkanes) is 2. The van der Waals surface area contributed by atoms with E-state index in [-0.39, 0.29) is 5.54 Å². The molecule has 4 heteroatoms. The number of aromatic nitrogens is 2. The van der Waals surface area contributed by atoms with Crippen molar-refractivity contribution in [1.29, 1.82) is 0 Å². The SMILES string of the molecule is CCCCCc1nnc(CCNC(C)(C)C)o1. The van der Waals surface area contributed by atoms with Gasteiger partial charge in [0.15, 0.2) is 0 Å². The summed E-state index contributed by atoms with van der Waals surface area (Å²) in [7, 11) is 0. The lowest BCUT2D eigenvalue weighted by atomic mass is 10.1. The molecule has 1 aromatic heterocycles. The standard InChI is InChI=1S/C13H25N3O/c1-5-6-7-8-11-15-16-12(17-11)9-10-14-13(2,3)4/h14H,5-10H2,1-4H3. The van der Waals surface area contributed by atoms with Crippen molar-refractivity contribution in [3.8, 4) is 0 Å². The van der Waals surface area contributed by atoms with Gasteiger partial charge in [0.2, 0.25) is 11.8 Å². The van der Waals surface area contributed by atoms with Gasteiger partial charge in [0.1, 0.15) is 0 Å². The molecule has 0 radical (unpaired) electrons. The molecule has 1 N–H and O–H groups in total. The summed E-state index contributed by atoms with van der Waals surface area (Å²) in [5, 5.41) is 11.5. The van der Waals surface area contributed by atoms with Crippen LogP contribution in [0.1, 0.15) is 58.7 Å². The Morgan fingerprint density at radius 1 is 1.06 bits per heavy atom. The molecule has 1 heterocycles. The van der Waals surface area contributed by atoms with Crippen LogP contribution in [0.4, 0.5) is 0 Å². The molecule has 0 unspecified atom stereocenters. The third kappa shape index (κ3) is 6.41. The molecule has 0 aliphatic carbocycles. The maximum atomic E-state index is 5.58. The third-order valence-electron chi connectivity index (χ3n) is 2.50. The van der Waals surface area contributed by atoms with Crippen LogP contribution >= 0.6 is 0 Å². The van der Waals surface area contributed by atoms with Gasteiger partial charge in [-0.15, -0.1) is 10.2 Å². The lowest BCUT2D eigenvalue weighted by Gasteiger charge is -2.19. The second-order valence-electron chi connectivity index (χ2n) is 5.47. The number of hydrogen-bond acceptors (Lipinski definition) is 4. The van der Waals surface area contributed by atoms with Gasteiger partial charge in [-0.2, -0.15) is 0 Å². The van der Waals surface area contributed by atoms with Gasteiger partial charge in [-0.1, -0.05) is 19.8 Å². The quantitative estimate of drug-likeness (QED) is 0.743. The second kappa shape index (κ2) is 6.74. The highest BCUT2D eigenvalue weighted by molar-refractivity contribution is 4.84. The van der Waals surface area contributed by atoms with E-state index < -0.39 is 0 Å². The zero-order valence-electron chi connectivity index (χ0n) is 11.5. The highest BCUT2D eigenvalue weighted by atomic mass is 16.4. The second-order valence-corrected chi connectivity index (χ2v) is 5.47. The normalized spacial score (nSPS) is 12.0. The van der Waals surface area contributed by atoms with E-state index in [2.05, 4.69) is 43.2 Å². The first kappa shape index (κ1) is 14.2. The number of rotatable bonds is 7. The fraction of sp³-hybridized carbons (Fsp3) is 0.846. The summed E-state index contributed by atoms with van der Waals surface area (Å²) in [4.78, 5) is 0. The Morgan fingerprint density at radius 3 is 2.29 bits per heavy atom. The molecule has 0 atom stereocenters. The Kier molecular flexibility index (Phi) is 5.62. The molecule has 0 aromatic carbocycles. The minimum atomic E-state index is 0.143. The van der Waals surface area contributed by atoms with Gasteiger partial charge in [-0.05, 0) is 27.2 Å². The topological polar surface area (TPSA) is 51.0 Å². The van der Waals surface area contributed by atoms with Crippen molar-refractivity contribution in [3.05, 3.63) is 11.8 Å². The van der Waals surface area contributed by atoms with E-state index in [0.29, 0.717) is 0 Å². The fourth-order valence-corrected chi connectivity index (χ4v) is 1.56. The molecule has 1 aromatic rings. The van der Waals surface area contributed by atoms with Crippen LogP contribution in [0.5, 0.6) is 0 Å². The van der Waals surface area contributed by atoms with Crippen LogP contribution in [-0.4, -0.2) is 22.3 Å². The van der Waals surface area contributed by atoms with Gasteiger partial charge >= 0.3 is 0 Å².